The average Bonchev–Trinajstić information content (AvgIpc) is 1.73. The number of amides is 1. The molecular weight excluding hydrogens is 94.0 g/mol. The van der Waals surface area contributed by atoms with Crippen LogP contribution in [0.3, 0.4) is 0 Å². The Labute approximate surface area is 43.6 Å². The van der Waals surface area contributed by atoms with Crippen LogP contribution in [0.5, 0.6) is 0 Å². The van der Waals surface area contributed by atoms with E-state index in [0.29, 0.717) is 0 Å². The van der Waals surface area contributed by atoms with Gasteiger partial charge in [-0.25, -0.2) is 0 Å². The summed E-state index contributed by atoms with van der Waals surface area (Å²) in [5, 5.41) is 7.00. The van der Waals surface area contributed by atoms with Crippen molar-refractivity contribution in [3.8, 4) is 0 Å². The molecule has 0 atom stereocenters. The second kappa shape index (κ2) is 9.06. The van der Waals surface area contributed by atoms with Crippen molar-refractivity contribution in [2.24, 2.45) is 0 Å². The summed E-state index contributed by atoms with van der Waals surface area (Å²) in [4.78, 5) is 10.9. The lowest BCUT2D eigenvalue weighted by Gasteiger charge is -1.93. The number of hydrogen-bond acceptors (Lipinski definition) is 2. The molecule has 0 aromatic heterocycles. The molecule has 3 heteroatoms. The third-order valence-electron chi connectivity index (χ3n) is 0.211. The fourth-order valence-electron chi connectivity index (χ4n) is 0. The molecule has 0 unspecified atom stereocenters. The van der Waals surface area contributed by atoms with E-state index in [1.807, 2.05) is 0 Å². The molecule has 0 bridgehead atoms. The number of rotatable bonds is 1. The maximum atomic E-state index is 9.43. The number of carbonyl (C=O) groups excluding carboxylic acids is 1. The lowest BCUT2D eigenvalue weighted by Crippen LogP contribution is -2.06. The minimum atomic E-state index is 0.750. The van der Waals surface area contributed by atoms with E-state index in [9.17, 15) is 4.79 Å². The standard InChI is InChI=1S/C3H7NO.CH4O/c1-4(2)3-5;1-2/h3H,1-2H3;2H,1H3. The van der Waals surface area contributed by atoms with E-state index in [-0.39, 0.29) is 0 Å². The normalized spacial score (nSPS) is 5.71. The average molecular weight is 105 g/mol. The zero-order chi connectivity index (χ0) is 6.28. The first-order chi connectivity index (χ1) is 3.27. The summed E-state index contributed by atoms with van der Waals surface area (Å²) < 4.78 is 0. The zero-order valence-electron chi connectivity index (χ0n) is 4.88. The zero-order valence-corrected chi connectivity index (χ0v) is 4.88. The van der Waals surface area contributed by atoms with Gasteiger partial charge in [-0.05, 0) is 0 Å². The van der Waals surface area contributed by atoms with Gasteiger partial charge in [0.2, 0.25) is 6.41 Å². The van der Waals surface area contributed by atoms with E-state index in [4.69, 9.17) is 5.11 Å². The van der Waals surface area contributed by atoms with Crippen LogP contribution in [0.1, 0.15) is 0 Å². The van der Waals surface area contributed by atoms with Crippen molar-refractivity contribution >= 4 is 6.41 Å². The van der Waals surface area contributed by atoms with Crippen molar-refractivity contribution in [3.05, 3.63) is 0 Å². The largest absolute Gasteiger partial charge is 0.400 e. The smallest absolute Gasteiger partial charge is 0.209 e. The molecule has 0 heterocycles. The Hall–Kier alpha value is -0.570. The van der Waals surface area contributed by atoms with Gasteiger partial charge >= 0.3 is 0 Å². The molecule has 0 saturated carbocycles. The van der Waals surface area contributed by atoms with Gasteiger partial charge in [0, 0.05) is 21.2 Å². The minimum absolute atomic E-state index is 0.750. The third-order valence-corrected chi connectivity index (χ3v) is 0.211. The molecule has 1 amide bonds. The maximum Gasteiger partial charge on any atom is 0.209 e. The van der Waals surface area contributed by atoms with Gasteiger partial charge < -0.3 is 10.0 Å². The highest BCUT2D eigenvalue weighted by molar-refractivity contribution is 5.45. The van der Waals surface area contributed by atoms with Crippen molar-refractivity contribution < 1.29 is 9.90 Å². The summed E-state index contributed by atoms with van der Waals surface area (Å²) in [6, 6.07) is 0. The predicted octanol–water partition coefficient (Wildman–Crippen LogP) is -0.687. The van der Waals surface area contributed by atoms with E-state index in [1.54, 1.807) is 14.1 Å². The summed E-state index contributed by atoms with van der Waals surface area (Å²) in [6.45, 7) is 0. The Balaban J connectivity index is 0. The van der Waals surface area contributed by atoms with Gasteiger partial charge in [0.15, 0.2) is 0 Å². The van der Waals surface area contributed by atoms with E-state index in [0.717, 1.165) is 13.5 Å². The van der Waals surface area contributed by atoms with Gasteiger partial charge in [-0.2, -0.15) is 0 Å². The van der Waals surface area contributed by atoms with Crippen molar-refractivity contribution in [1.82, 2.24) is 4.90 Å². The number of aliphatic hydroxyl groups is 1. The summed E-state index contributed by atoms with van der Waals surface area (Å²) in [6.07, 6.45) is 0.750. The Morgan fingerprint density at radius 1 is 1.43 bits per heavy atom. The molecule has 0 radical (unpaired) electrons. The molecule has 0 saturated heterocycles. The first-order valence-corrected chi connectivity index (χ1v) is 1.84. The molecule has 0 fully saturated rings. The lowest BCUT2D eigenvalue weighted by atomic mass is 11.0. The number of carbonyl (C=O) groups is 1. The summed E-state index contributed by atoms with van der Waals surface area (Å²) in [5.41, 5.74) is 0. The van der Waals surface area contributed by atoms with Gasteiger partial charge in [0.25, 0.3) is 0 Å². The van der Waals surface area contributed by atoms with E-state index < -0.39 is 0 Å². The molecule has 1 N–H and O–H groups in total. The van der Waals surface area contributed by atoms with Crippen molar-refractivity contribution in [1.29, 1.82) is 0 Å². The van der Waals surface area contributed by atoms with Crippen LogP contribution in [-0.2, 0) is 4.79 Å². The Morgan fingerprint density at radius 2 is 1.57 bits per heavy atom. The molecule has 0 aliphatic carbocycles. The number of aliphatic hydroxyl groups excluding tert-OH is 1. The highest BCUT2D eigenvalue weighted by atomic mass is 16.2. The molecule has 7 heavy (non-hydrogen) atoms. The summed E-state index contributed by atoms with van der Waals surface area (Å²) in [5.74, 6) is 0. The fourth-order valence-corrected chi connectivity index (χ4v) is 0. The van der Waals surface area contributed by atoms with Crippen LogP contribution in [0, 0.1) is 0 Å². The van der Waals surface area contributed by atoms with Gasteiger partial charge in [-0.1, -0.05) is 0 Å². The number of nitrogens with zero attached hydrogens (tertiary/aromatic N) is 1. The highest BCUT2D eigenvalue weighted by Crippen LogP contribution is 1.52. The molecule has 44 valence electrons. The molecule has 0 aliphatic rings. The van der Waals surface area contributed by atoms with Crippen molar-refractivity contribution in [2.75, 3.05) is 21.2 Å². The highest BCUT2D eigenvalue weighted by Gasteiger charge is 1.68. The molecule has 0 rings (SSSR count). The van der Waals surface area contributed by atoms with Gasteiger partial charge in [0.1, 0.15) is 0 Å². The molecule has 3 nitrogen and oxygen atoms in total. The molecule has 0 aromatic carbocycles. The first-order valence-electron chi connectivity index (χ1n) is 1.84. The molecular formula is C4H11NO2. The molecule has 0 aliphatic heterocycles. The van der Waals surface area contributed by atoms with Crippen LogP contribution < -0.4 is 0 Å². The second-order valence-electron chi connectivity index (χ2n) is 1.07. The van der Waals surface area contributed by atoms with Crippen molar-refractivity contribution in [2.45, 2.75) is 0 Å². The Kier molecular flexibility index (Phi) is 12.5. The SMILES string of the molecule is CN(C)C=O.CO. The lowest BCUT2D eigenvalue weighted by molar-refractivity contribution is -0.115. The van der Waals surface area contributed by atoms with Crippen LogP contribution in [0.2, 0.25) is 0 Å². The fraction of sp³-hybridized carbons (Fsp3) is 0.750. The summed E-state index contributed by atoms with van der Waals surface area (Å²) >= 11 is 0. The van der Waals surface area contributed by atoms with Crippen LogP contribution in [-0.4, -0.2) is 37.6 Å². The molecule has 0 aromatic rings. The minimum Gasteiger partial charge on any atom is -0.400 e. The van der Waals surface area contributed by atoms with Crippen LogP contribution >= 0.6 is 0 Å². The van der Waals surface area contributed by atoms with Gasteiger partial charge in [-0.15, -0.1) is 0 Å². The summed E-state index contributed by atoms with van der Waals surface area (Å²) in [7, 11) is 4.38. The molecule has 0 spiro atoms. The van der Waals surface area contributed by atoms with E-state index in [1.165, 1.54) is 4.90 Å². The third kappa shape index (κ3) is 31.2. The Morgan fingerprint density at radius 3 is 1.57 bits per heavy atom. The van der Waals surface area contributed by atoms with Gasteiger partial charge in [0.05, 0.1) is 0 Å². The van der Waals surface area contributed by atoms with Gasteiger partial charge in [-0.3, -0.25) is 4.79 Å². The van der Waals surface area contributed by atoms with Crippen molar-refractivity contribution in [3.63, 3.8) is 0 Å². The topological polar surface area (TPSA) is 40.5 Å². The Bertz CT molecular complexity index is 36.7. The second-order valence-corrected chi connectivity index (χ2v) is 1.07. The van der Waals surface area contributed by atoms with Crippen LogP contribution in [0.4, 0.5) is 0 Å². The quantitative estimate of drug-likeness (QED) is 0.448. The first kappa shape index (κ1) is 9.66. The monoisotopic (exact) mass is 105 g/mol. The maximum absolute atomic E-state index is 9.43. The number of hydrogen-bond donors (Lipinski definition) is 1. The van der Waals surface area contributed by atoms with Crippen LogP contribution in [0.15, 0.2) is 0 Å². The predicted molar refractivity (Wildman–Crippen MR) is 27.9 cm³/mol. The van der Waals surface area contributed by atoms with E-state index >= 15 is 0 Å². The van der Waals surface area contributed by atoms with Crippen LogP contribution in [0.25, 0.3) is 0 Å². The van der Waals surface area contributed by atoms with E-state index in [2.05, 4.69) is 0 Å².